The summed E-state index contributed by atoms with van der Waals surface area (Å²) in [6, 6.07) is 9.61. The van der Waals surface area contributed by atoms with Gasteiger partial charge in [0.15, 0.2) is 0 Å². The molecule has 1 amide bonds. The maximum atomic E-state index is 11.9. The Morgan fingerprint density at radius 3 is 2.62 bits per heavy atom. The number of carbonyl (C=O) groups is 1. The second-order valence-electron chi connectivity index (χ2n) is 4.85. The summed E-state index contributed by atoms with van der Waals surface area (Å²) in [5, 5.41) is 13.4. The Balaban J connectivity index is 1.84. The number of nitrogens with one attached hydrogen (secondary N) is 1. The van der Waals surface area contributed by atoms with Crippen LogP contribution in [0, 0.1) is 10.1 Å². The smallest absolute Gasteiger partial charge is 0.269 e. The Hall–Kier alpha value is -2.63. The molecule has 1 heterocycles. The van der Waals surface area contributed by atoms with Crippen molar-refractivity contribution in [3.05, 3.63) is 64.1 Å². The Morgan fingerprint density at radius 1 is 1.33 bits per heavy atom. The van der Waals surface area contributed by atoms with Gasteiger partial charge < -0.3 is 9.73 Å². The van der Waals surface area contributed by atoms with E-state index in [9.17, 15) is 14.9 Å². The van der Waals surface area contributed by atoms with Crippen LogP contribution in [0.5, 0.6) is 0 Å². The van der Waals surface area contributed by atoms with Crippen LogP contribution >= 0.6 is 0 Å². The van der Waals surface area contributed by atoms with Crippen molar-refractivity contribution in [3.8, 4) is 0 Å². The Labute approximate surface area is 121 Å². The van der Waals surface area contributed by atoms with Gasteiger partial charge in [0.05, 0.1) is 17.6 Å². The van der Waals surface area contributed by atoms with E-state index in [1.807, 2.05) is 13.0 Å². The molecule has 0 spiro atoms. The molecule has 2 aromatic rings. The lowest BCUT2D eigenvalue weighted by Crippen LogP contribution is -2.35. The van der Waals surface area contributed by atoms with Gasteiger partial charge in [-0.15, -0.1) is 0 Å². The number of nitro benzene ring substituents is 1. The Bertz CT molecular complexity index is 605. The van der Waals surface area contributed by atoms with Crippen molar-refractivity contribution in [3.63, 3.8) is 0 Å². The number of hydrogen-bond acceptors (Lipinski definition) is 4. The lowest BCUT2D eigenvalue weighted by Gasteiger charge is -2.12. The first-order valence-corrected chi connectivity index (χ1v) is 6.59. The summed E-state index contributed by atoms with van der Waals surface area (Å²) in [5.41, 5.74) is 0.758. The number of amides is 1. The average Bonchev–Trinajstić information content (AvgIpc) is 2.91. The molecular weight excluding hydrogens is 272 g/mol. The third kappa shape index (κ3) is 4.45. The quantitative estimate of drug-likeness (QED) is 0.653. The molecule has 0 saturated heterocycles. The van der Waals surface area contributed by atoms with E-state index in [4.69, 9.17) is 4.42 Å². The van der Waals surface area contributed by atoms with E-state index in [1.54, 1.807) is 24.5 Å². The van der Waals surface area contributed by atoms with Gasteiger partial charge in [-0.05, 0) is 24.6 Å². The van der Waals surface area contributed by atoms with Gasteiger partial charge in [0.25, 0.3) is 5.69 Å². The third-order valence-corrected chi connectivity index (χ3v) is 3.01. The molecule has 0 aliphatic heterocycles. The summed E-state index contributed by atoms with van der Waals surface area (Å²) in [5.74, 6) is 0.695. The maximum absolute atomic E-state index is 11.9. The van der Waals surface area contributed by atoms with Crippen LogP contribution in [0.1, 0.15) is 18.2 Å². The number of benzene rings is 1. The molecule has 1 unspecified atom stereocenters. The number of hydrogen-bond donors (Lipinski definition) is 1. The van der Waals surface area contributed by atoms with Crippen LogP contribution in [0.2, 0.25) is 0 Å². The largest absolute Gasteiger partial charge is 0.469 e. The summed E-state index contributed by atoms with van der Waals surface area (Å²) in [6.07, 6.45) is 2.42. The van der Waals surface area contributed by atoms with E-state index in [2.05, 4.69) is 5.32 Å². The van der Waals surface area contributed by atoms with E-state index in [-0.39, 0.29) is 24.1 Å². The van der Waals surface area contributed by atoms with Crippen LogP contribution in [-0.2, 0) is 17.6 Å². The Kier molecular flexibility index (Phi) is 4.71. The van der Waals surface area contributed by atoms with Gasteiger partial charge in [-0.3, -0.25) is 14.9 Å². The first kappa shape index (κ1) is 14.8. The molecule has 6 nitrogen and oxygen atoms in total. The van der Waals surface area contributed by atoms with Gasteiger partial charge in [-0.2, -0.15) is 0 Å². The first-order valence-electron chi connectivity index (χ1n) is 6.59. The second kappa shape index (κ2) is 6.69. The molecule has 110 valence electrons. The molecule has 21 heavy (non-hydrogen) atoms. The molecule has 1 aromatic heterocycles. The fourth-order valence-corrected chi connectivity index (χ4v) is 2.03. The minimum atomic E-state index is -0.463. The predicted molar refractivity (Wildman–Crippen MR) is 76.8 cm³/mol. The topological polar surface area (TPSA) is 85.4 Å². The summed E-state index contributed by atoms with van der Waals surface area (Å²) in [6.45, 7) is 1.90. The van der Waals surface area contributed by atoms with Crippen molar-refractivity contribution < 1.29 is 14.1 Å². The van der Waals surface area contributed by atoms with E-state index in [0.717, 1.165) is 11.3 Å². The molecule has 0 saturated carbocycles. The van der Waals surface area contributed by atoms with Crippen molar-refractivity contribution in [2.75, 3.05) is 0 Å². The highest BCUT2D eigenvalue weighted by molar-refractivity contribution is 5.78. The summed E-state index contributed by atoms with van der Waals surface area (Å²) >= 11 is 0. The van der Waals surface area contributed by atoms with Gasteiger partial charge in [-0.1, -0.05) is 12.1 Å². The molecule has 0 aliphatic carbocycles. The van der Waals surface area contributed by atoms with Gasteiger partial charge in [0.2, 0.25) is 5.91 Å². The third-order valence-electron chi connectivity index (χ3n) is 3.01. The highest BCUT2D eigenvalue weighted by Gasteiger charge is 2.11. The number of nitro groups is 1. The van der Waals surface area contributed by atoms with Crippen LogP contribution in [0.4, 0.5) is 5.69 Å². The molecule has 0 bridgehead atoms. The minimum absolute atomic E-state index is 0.0188. The highest BCUT2D eigenvalue weighted by atomic mass is 16.6. The van der Waals surface area contributed by atoms with Gasteiger partial charge in [-0.25, -0.2) is 0 Å². The molecule has 1 N–H and O–H groups in total. The second-order valence-corrected chi connectivity index (χ2v) is 4.85. The monoisotopic (exact) mass is 288 g/mol. The van der Waals surface area contributed by atoms with Gasteiger partial charge in [0.1, 0.15) is 5.76 Å². The summed E-state index contributed by atoms with van der Waals surface area (Å²) in [4.78, 5) is 22.0. The molecule has 1 aromatic carbocycles. The molecule has 0 fully saturated rings. The minimum Gasteiger partial charge on any atom is -0.469 e. The number of furan rings is 1. The van der Waals surface area contributed by atoms with Crippen molar-refractivity contribution in [1.82, 2.24) is 5.32 Å². The summed E-state index contributed by atoms with van der Waals surface area (Å²) in [7, 11) is 0. The van der Waals surface area contributed by atoms with E-state index in [1.165, 1.54) is 12.1 Å². The molecule has 2 rings (SSSR count). The average molecular weight is 288 g/mol. The van der Waals surface area contributed by atoms with Crippen molar-refractivity contribution >= 4 is 11.6 Å². The fraction of sp³-hybridized carbons (Fsp3) is 0.267. The van der Waals surface area contributed by atoms with E-state index >= 15 is 0 Å². The highest BCUT2D eigenvalue weighted by Crippen LogP contribution is 2.12. The SMILES string of the molecule is CC(Cc1ccco1)NC(=O)Cc1ccc([N+](=O)[O-])cc1. The fourth-order valence-electron chi connectivity index (χ4n) is 2.03. The lowest BCUT2D eigenvalue weighted by atomic mass is 10.1. The van der Waals surface area contributed by atoms with Gasteiger partial charge in [0, 0.05) is 24.6 Å². The van der Waals surface area contributed by atoms with Crippen LogP contribution in [-0.4, -0.2) is 16.9 Å². The predicted octanol–water partition coefficient (Wildman–Crippen LogP) is 2.48. The van der Waals surface area contributed by atoms with Gasteiger partial charge >= 0.3 is 0 Å². The maximum Gasteiger partial charge on any atom is 0.269 e. The zero-order valence-electron chi connectivity index (χ0n) is 11.6. The van der Waals surface area contributed by atoms with E-state index in [0.29, 0.717) is 6.42 Å². The van der Waals surface area contributed by atoms with Crippen molar-refractivity contribution in [1.29, 1.82) is 0 Å². The zero-order chi connectivity index (χ0) is 15.2. The van der Waals surface area contributed by atoms with Crippen molar-refractivity contribution in [2.24, 2.45) is 0 Å². The molecular formula is C15H16N2O4. The standard InChI is InChI=1S/C15H16N2O4/c1-11(9-14-3-2-8-21-14)16-15(18)10-12-4-6-13(7-5-12)17(19)20/h2-8,11H,9-10H2,1H3,(H,16,18). The number of carbonyl (C=O) groups excluding carboxylic acids is 1. The van der Waals surface area contributed by atoms with E-state index < -0.39 is 4.92 Å². The first-order chi connectivity index (χ1) is 10.0. The van der Waals surface area contributed by atoms with Crippen LogP contribution < -0.4 is 5.32 Å². The number of non-ortho nitro benzene ring substituents is 1. The van der Waals surface area contributed by atoms with Crippen LogP contribution in [0.15, 0.2) is 47.1 Å². The molecule has 0 aliphatic rings. The Morgan fingerprint density at radius 2 is 2.05 bits per heavy atom. The summed E-state index contributed by atoms with van der Waals surface area (Å²) < 4.78 is 5.22. The normalized spacial score (nSPS) is 11.9. The molecule has 1 atom stereocenters. The number of rotatable bonds is 6. The van der Waals surface area contributed by atoms with Crippen LogP contribution in [0.25, 0.3) is 0 Å². The molecule has 6 heteroatoms. The lowest BCUT2D eigenvalue weighted by molar-refractivity contribution is -0.384. The van der Waals surface area contributed by atoms with Crippen molar-refractivity contribution in [2.45, 2.75) is 25.8 Å². The number of nitrogens with zero attached hydrogens (tertiary/aromatic N) is 1. The zero-order valence-corrected chi connectivity index (χ0v) is 11.6. The van der Waals surface area contributed by atoms with Crippen LogP contribution in [0.3, 0.4) is 0 Å². The molecule has 0 radical (unpaired) electrons.